The third-order valence-corrected chi connectivity index (χ3v) is 8.55. The summed E-state index contributed by atoms with van der Waals surface area (Å²) in [5, 5.41) is 8.91. The van der Waals surface area contributed by atoms with Crippen LogP contribution in [0.15, 0.2) is 67.5 Å². The van der Waals surface area contributed by atoms with Gasteiger partial charge in [-0.25, -0.2) is 4.79 Å². The molecule has 3 rings (SSSR count). The largest absolute Gasteiger partial charge is 0.465 e. The molecule has 0 spiro atoms. The van der Waals surface area contributed by atoms with Crippen molar-refractivity contribution in [2.45, 2.75) is 31.3 Å². The summed E-state index contributed by atoms with van der Waals surface area (Å²) in [7, 11) is -3.42. The van der Waals surface area contributed by atoms with E-state index in [-0.39, 0.29) is 25.2 Å². The highest BCUT2D eigenvalue weighted by Crippen LogP contribution is 2.76. The normalized spacial score (nSPS) is 22.8. The van der Waals surface area contributed by atoms with Gasteiger partial charge in [-0.2, -0.15) is 0 Å². The van der Waals surface area contributed by atoms with Crippen molar-refractivity contribution in [3.63, 3.8) is 0 Å². The third kappa shape index (κ3) is 3.75. The van der Waals surface area contributed by atoms with E-state index in [0.29, 0.717) is 6.42 Å². The molecule has 1 aliphatic rings. The van der Waals surface area contributed by atoms with E-state index in [0.717, 1.165) is 11.1 Å². The zero-order valence-corrected chi connectivity index (χ0v) is 16.8. The summed E-state index contributed by atoms with van der Waals surface area (Å²) in [6.07, 6.45) is 4.44. The minimum absolute atomic E-state index is 0.136. The lowest BCUT2D eigenvalue weighted by atomic mass is 10.2. The van der Waals surface area contributed by atoms with Gasteiger partial charge in [-0.3, -0.25) is 14.4 Å². The molecular formula is C21H25N2O4P. The Hall–Kier alpha value is -2.43. The minimum Gasteiger partial charge on any atom is -0.465 e. The Labute approximate surface area is 165 Å². The number of carboxylic acid groups (broad SMARTS) is 1. The van der Waals surface area contributed by atoms with Gasteiger partial charge in [0.1, 0.15) is 5.28 Å². The lowest BCUT2D eigenvalue weighted by Crippen LogP contribution is -2.43. The van der Waals surface area contributed by atoms with Gasteiger partial charge < -0.3 is 9.63 Å². The molecule has 1 aromatic heterocycles. The van der Waals surface area contributed by atoms with Crippen LogP contribution in [-0.2, 0) is 21.8 Å². The molecule has 0 bridgehead atoms. The van der Waals surface area contributed by atoms with Gasteiger partial charge in [-0.1, -0.05) is 42.5 Å². The van der Waals surface area contributed by atoms with Gasteiger partial charge in [-0.15, -0.1) is 6.58 Å². The van der Waals surface area contributed by atoms with E-state index < -0.39 is 18.7 Å². The first-order valence-electron chi connectivity index (χ1n) is 9.26. The molecule has 0 unspecified atom stereocenters. The van der Waals surface area contributed by atoms with Crippen molar-refractivity contribution in [1.82, 2.24) is 9.88 Å². The maximum absolute atomic E-state index is 14.2. The van der Waals surface area contributed by atoms with Crippen molar-refractivity contribution < 1.29 is 19.0 Å². The molecule has 0 saturated heterocycles. The number of benzene rings is 1. The van der Waals surface area contributed by atoms with Crippen molar-refractivity contribution in [2.75, 3.05) is 6.61 Å². The number of pyridine rings is 1. The molecule has 1 N–H and O–H groups in total. The molecule has 7 heteroatoms. The fourth-order valence-corrected chi connectivity index (χ4v) is 7.08. The molecule has 1 saturated carbocycles. The van der Waals surface area contributed by atoms with E-state index in [1.54, 1.807) is 31.5 Å². The van der Waals surface area contributed by atoms with Gasteiger partial charge in [-0.05, 0) is 30.5 Å². The third-order valence-electron chi connectivity index (χ3n) is 5.16. The van der Waals surface area contributed by atoms with Crippen molar-refractivity contribution in [2.24, 2.45) is 5.92 Å². The maximum Gasteiger partial charge on any atom is 0.408 e. The average molecular weight is 400 g/mol. The molecule has 28 heavy (non-hydrogen) atoms. The van der Waals surface area contributed by atoms with Crippen LogP contribution in [-0.4, -0.2) is 33.0 Å². The van der Waals surface area contributed by atoms with Gasteiger partial charge >= 0.3 is 6.09 Å². The van der Waals surface area contributed by atoms with Gasteiger partial charge in [0.25, 0.3) is 0 Å². The first-order valence-corrected chi connectivity index (χ1v) is 11.1. The van der Waals surface area contributed by atoms with E-state index >= 15 is 0 Å². The van der Waals surface area contributed by atoms with E-state index in [1.165, 1.54) is 4.90 Å². The predicted molar refractivity (Wildman–Crippen MR) is 108 cm³/mol. The van der Waals surface area contributed by atoms with Crippen LogP contribution in [0, 0.1) is 5.92 Å². The number of carbonyl (C=O) groups is 1. The fraction of sp³-hybridized carbons (Fsp3) is 0.333. The summed E-state index contributed by atoms with van der Waals surface area (Å²) >= 11 is 0. The second-order valence-electron chi connectivity index (χ2n) is 6.89. The van der Waals surface area contributed by atoms with Crippen LogP contribution >= 0.6 is 7.37 Å². The fourth-order valence-electron chi connectivity index (χ4n) is 3.79. The Morgan fingerprint density at radius 2 is 2.07 bits per heavy atom. The van der Waals surface area contributed by atoms with Crippen LogP contribution in [0.4, 0.5) is 4.79 Å². The summed E-state index contributed by atoms with van der Waals surface area (Å²) < 4.78 is 20.0. The first-order chi connectivity index (χ1) is 13.5. The van der Waals surface area contributed by atoms with E-state index in [2.05, 4.69) is 11.6 Å². The van der Waals surface area contributed by atoms with Crippen molar-refractivity contribution >= 4 is 13.5 Å². The molecule has 1 heterocycles. The molecule has 6 nitrogen and oxygen atoms in total. The lowest BCUT2D eigenvalue weighted by Gasteiger charge is -2.36. The molecule has 1 aliphatic carbocycles. The zero-order valence-electron chi connectivity index (χ0n) is 15.9. The van der Waals surface area contributed by atoms with Crippen LogP contribution in [0.2, 0.25) is 0 Å². The lowest BCUT2D eigenvalue weighted by molar-refractivity contribution is 0.123. The van der Waals surface area contributed by atoms with Crippen molar-refractivity contribution in [3.05, 3.63) is 78.6 Å². The number of nitrogens with zero attached hydrogens (tertiary/aromatic N) is 2. The zero-order chi connectivity index (χ0) is 20.2. The molecule has 3 atom stereocenters. The minimum atomic E-state index is -3.42. The number of amides is 1. The quantitative estimate of drug-likeness (QED) is 0.474. The number of hydrogen-bond donors (Lipinski definition) is 1. The smallest absolute Gasteiger partial charge is 0.408 e. The Kier molecular flexibility index (Phi) is 6.01. The molecule has 148 valence electrons. The Morgan fingerprint density at radius 3 is 2.61 bits per heavy atom. The maximum atomic E-state index is 14.2. The van der Waals surface area contributed by atoms with Crippen LogP contribution in [0.3, 0.4) is 0 Å². The Balaban J connectivity index is 2.03. The SMILES string of the molecule is C=C[C@@H]1C[C@]1(N(Cc1ccccc1)C(=O)O)[P@](=O)(Cc1cccnc1)OCC. The topological polar surface area (TPSA) is 79.7 Å². The van der Waals surface area contributed by atoms with Gasteiger partial charge in [0.2, 0.25) is 7.37 Å². The van der Waals surface area contributed by atoms with E-state index in [4.69, 9.17) is 4.52 Å². The second kappa shape index (κ2) is 8.29. The number of rotatable bonds is 9. The summed E-state index contributed by atoms with van der Waals surface area (Å²) in [4.78, 5) is 17.6. The highest BCUT2D eigenvalue weighted by atomic mass is 31.2. The summed E-state index contributed by atoms with van der Waals surface area (Å²) in [6.45, 7) is 6.00. The molecule has 0 radical (unpaired) electrons. The number of aromatic nitrogens is 1. The number of hydrogen-bond acceptors (Lipinski definition) is 4. The van der Waals surface area contributed by atoms with E-state index in [9.17, 15) is 14.5 Å². The molecule has 2 aromatic rings. The molecule has 1 fully saturated rings. The van der Waals surface area contributed by atoms with Gasteiger partial charge in [0.05, 0.1) is 19.3 Å². The molecular weight excluding hydrogens is 375 g/mol. The van der Waals surface area contributed by atoms with Crippen LogP contribution in [0.25, 0.3) is 0 Å². The molecule has 0 aliphatic heterocycles. The Morgan fingerprint density at radius 1 is 1.36 bits per heavy atom. The van der Waals surface area contributed by atoms with Crippen LogP contribution < -0.4 is 0 Å². The molecule has 1 aromatic carbocycles. The summed E-state index contributed by atoms with van der Waals surface area (Å²) in [5.41, 5.74) is 1.60. The van der Waals surface area contributed by atoms with Crippen LogP contribution in [0.5, 0.6) is 0 Å². The average Bonchev–Trinajstić information content (AvgIpc) is 3.44. The highest BCUT2D eigenvalue weighted by Gasteiger charge is 2.69. The standard InChI is InChI=1S/C21H25N2O4P/c1-3-19-13-21(19,23(20(24)25)15-17-9-6-5-7-10-17)28(26,27-4-2)16-18-11-8-12-22-14-18/h3,5-12,14,19H,1,4,13,15-16H2,2H3,(H,24,25)/t19-,21+,28+/m1/s1. The van der Waals surface area contributed by atoms with Crippen molar-refractivity contribution in [3.8, 4) is 0 Å². The second-order valence-corrected chi connectivity index (χ2v) is 9.59. The predicted octanol–water partition coefficient (Wildman–Crippen LogP) is 4.98. The van der Waals surface area contributed by atoms with E-state index in [1.807, 2.05) is 36.4 Å². The summed E-state index contributed by atoms with van der Waals surface area (Å²) in [6, 6.07) is 12.9. The highest BCUT2D eigenvalue weighted by molar-refractivity contribution is 7.60. The first kappa shape index (κ1) is 20.3. The van der Waals surface area contributed by atoms with Gasteiger partial charge in [0.15, 0.2) is 0 Å². The molecule has 1 amide bonds. The van der Waals surface area contributed by atoms with Crippen LogP contribution in [0.1, 0.15) is 24.5 Å². The van der Waals surface area contributed by atoms with Crippen molar-refractivity contribution in [1.29, 1.82) is 0 Å². The monoisotopic (exact) mass is 400 g/mol. The Bertz CT molecular complexity index is 874. The summed E-state index contributed by atoms with van der Waals surface area (Å²) in [5.74, 6) is -0.221. The van der Waals surface area contributed by atoms with Gasteiger partial charge in [0, 0.05) is 18.3 Å².